The maximum Gasteiger partial charge on any atom is 0.174 e. The molecule has 1 aromatic carbocycles. The Labute approximate surface area is 122 Å². The van der Waals surface area contributed by atoms with Crippen molar-refractivity contribution in [2.24, 2.45) is 0 Å². The Morgan fingerprint density at radius 1 is 1.37 bits per heavy atom. The molecule has 1 aliphatic heterocycles. The van der Waals surface area contributed by atoms with Crippen LogP contribution in [0.3, 0.4) is 0 Å². The Balaban J connectivity index is 2.06. The average Bonchev–Trinajstić information content (AvgIpc) is 2.81. The molecular weight excluding hydrogens is 310 g/mol. The highest BCUT2D eigenvalue weighted by Gasteiger charge is 2.23. The minimum atomic E-state index is 0.281. The highest BCUT2D eigenvalue weighted by molar-refractivity contribution is 9.10. The van der Waals surface area contributed by atoms with E-state index in [1.165, 1.54) is 0 Å². The zero-order valence-corrected chi connectivity index (χ0v) is 13.1. The number of rotatable bonds is 5. The molecule has 2 rings (SSSR count). The van der Waals surface area contributed by atoms with Crippen LogP contribution in [0.25, 0.3) is 0 Å². The molecule has 2 unspecified atom stereocenters. The van der Waals surface area contributed by atoms with Crippen molar-refractivity contribution in [3.05, 3.63) is 22.2 Å². The Morgan fingerprint density at radius 3 is 2.74 bits per heavy atom. The third-order valence-corrected chi connectivity index (χ3v) is 4.03. The summed E-state index contributed by atoms with van der Waals surface area (Å²) in [6.45, 7) is 3.74. The van der Waals surface area contributed by atoms with E-state index in [9.17, 15) is 0 Å². The molecule has 2 atom stereocenters. The van der Waals surface area contributed by atoms with Gasteiger partial charge < -0.3 is 19.5 Å². The Morgan fingerprint density at radius 2 is 2.16 bits per heavy atom. The first kappa shape index (κ1) is 14.6. The number of ether oxygens (including phenoxy) is 3. The average molecular weight is 330 g/mol. The molecule has 19 heavy (non-hydrogen) atoms. The molecule has 1 fully saturated rings. The smallest absolute Gasteiger partial charge is 0.174 e. The van der Waals surface area contributed by atoms with E-state index in [1.54, 1.807) is 14.2 Å². The minimum absolute atomic E-state index is 0.281. The molecule has 1 heterocycles. The molecule has 0 bridgehead atoms. The van der Waals surface area contributed by atoms with E-state index in [2.05, 4.69) is 34.2 Å². The third kappa shape index (κ3) is 3.41. The molecule has 0 saturated carbocycles. The molecule has 1 N–H and O–H groups in total. The van der Waals surface area contributed by atoms with Crippen molar-refractivity contribution in [3.8, 4) is 11.5 Å². The lowest BCUT2D eigenvalue weighted by atomic mass is 10.1. The third-order valence-electron chi connectivity index (χ3n) is 3.44. The quantitative estimate of drug-likeness (QED) is 0.901. The van der Waals surface area contributed by atoms with Gasteiger partial charge in [-0.15, -0.1) is 0 Å². The summed E-state index contributed by atoms with van der Waals surface area (Å²) in [7, 11) is 3.28. The maximum atomic E-state index is 5.54. The molecule has 4 nitrogen and oxygen atoms in total. The molecule has 0 aliphatic carbocycles. The van der Waals surface area contributed by atoms with Crippen molar-refractivity contribution in [2.75, 3.05) is 20.8 Å². The van der Waals surface area contributed by atoms with E-state index in [0.29, 0.717) is 6.04 Å². The molecule has 1 aromatic rings. The fourth-order valence-corrected chi connectivity index (χ4v) is 2.97. The normalized spacial score (nSPS) is 22.5. The summed E-state index contributed by atoms with van der Waals surface area (Å²) in [5.41, 5.74) is 1.16. The standard InChI is InChI=1S/C14H20BrNO3/c1-9-12(4-5-19-9)16-8-10-6-11(15)14(18-3)13(7-10)17-2/h6-7,9,12,16H,4-5,8H2,1-3H3. The number of halogens is 1. The topological polar surface area (TPSA) is 39.7 Å². The van der Waals surface area contributed by atoms with Gasteiger partial charge in [0.2, 0.25) is 0 Å². The molecule has 0 amide bonds. The SMILES string of the molecule is COc1cc(CNC2CCOC2C)cc(Br)c1OC. The van der Waals surface area contributed by atoms with E-state index in [0.717, 1.165) is 41.1 Å². The number of benzene rings is 1. The van der Waals surface area contributed by atoms with Gasteiger partial charge in [0.05, 0.1) is 24.8 Å². The van der Waals surface area contributed by atoms with Crippen LogP contribution in [0, 0.1) is 0 Å². The lowest BCUT2D eigenvalue weighted by Gasteiger charge is -2.17. The van der Waals surface area contributed by atoms with Crippen LogP contribution in [0.2, 0.25) is 0 Å². The van der Waals surface area contributed by atoms with E-state index in [-0.39, 0.29) is 6.10 Å². The summed E-state index contributed by atoms with van der Waals surface area (Å²) in [5, 5.41) is 3.52. The van der Waals surface area contributed by atoms with Crippen molar-refractivity contribution < 1.29 is 14.2 Å². The Bertz CT molecular complexity index is 439. The van der Waals surface area contributed by atoms with Crippen molar-refractivity contribution in [2.45, 2.75) is 32.0 Å². The summed E-state index contributed by atoms with van der Waals surface area (Å²) >= 11 is 3.51. The zero-order valence-electron chi connectivity index (χ0n) is 11.5. The summed E-state index contributed by atoms with van der Waals surface area (Å²) in [6.07, 6.45) is 1.35. The van der Waals surface area contributed by atoms with Gasteiger partial charge in [-0.05, 0) is 47.0 Å². The van der Waals surface area contributed by atoms with Crippen LogP contribution < -0.4 is 14.8 Å². The Hall–Kier alpha value is -0.780. The minimum Gasteiger partial charge on any atom is -0.493 e. The van der Waals surface area contributed by atoms with Crippen molar-refractivity contribution in [3.63, 3.8) is 0 Å². The van der Waals surface area contributed by atoms with Gasteiger partial charge in [-0.25, -0.2) is 0 Å². The number of methoxy groups -OCH3 is 2. The molecule has 0 spiro atoms. The fraction of sp³-hybridized carbons (Fsp3) is 0.571. The first-order valence-electron chi connectivity index (χ1n) is 6.41. The van der Waals surface area contributed by atoms with Gasteiger partial charge >= 0.3 is 0 Å². The molecule has 1 aliphatic rings. The van der Waals surface area contributed by atoms with E-state index in [4.69, 9.17) is 14.2 Å². The summed E-state index contributed by atoms with van der Waals surface area (Å²) in [4.78, 5) is 0. The van der Waals surface area contributed by atoms with Crippen LogP contribution in [-0.4, -0.2) is 33.0 Å². The first-order chi connectivity index (χ1) is 9.15. The predicted molar refractivity (Wildman–Crippen MR) is 77.9 cm³/mol. The number of hydrogen-bond donors (Lipinski definition) is 1. The second-order valence-corrected chi connectivity index (χ2v) is 5.52. The van der Waals surface area contributed by atoms with Gasteiger partial charge in [0, 0.05) is 19.2 Å². The highest BCUT2D eigenvalue weighted by atomic mass is 79.9. The van der Waals surface area contributed by atoms with Gasteiger partial charge in [-0.1, -0.05) is 0 Å². The monoisotopic (exact) mass is 329 g/mol. The van der Waals surface area contributed by atoms with Gasteiger partial charge in [0.25, 0.3) is 0 Å². The van der Waals surface area contributed by atoms with Crippen LogP contribution in [0.1, 0.15) is 18.9 Å². The van der Waals surface area contributed by atoms with Crippen LogP contribution in [0.15, 0.2) is 16.6 Å². The fourth-order valence-electron chi connectivity index (χ4n) is 2.32. The largest absolute Gasteiger partial charge is 0.493 e. The molecule has 106 valence electrons. The van der Waals surface area contributed by atoms with Crippen LogP contribution in [0.5, 0.6) is 11.5 Å². The van der Waals surface area contributed by atoms with Crippen molar-refractivity contribution >= 4 is 15.9 Å². The first-order valence-corrected chi connectivity index (χ1v) is 7.20. The van der Waals surface area contributed by atoms with Crippen LogP contribution in [-0.2, 0) is 11.3 Å². The van der Waals surface area contributed by atoms with Crippen molar-refractivity contribution in [1.82, 2.24) is 5.32 Å². The van der Waals surface area contributed by atoms with Gasteiger partial charge in [-0.2, -0.15) is 0 Å². The summed E-state index contributed by atoms with van der Waals surface area (Å²) in [6, 6.07) is 4.47. The van der Waals surface area contributed by atoms with Crippen molar-refractivity contribution in [1.29, 1.82) is 0 Å². The number of nitrogens with one attached hydrogen (secondary N) is 1. The van der Waals surface area contributed by atoms with Gasteiger partial charge in [0.1, 0.15) is 0 Å². The maximum absolute atomic E-state index is 5.54. The van der Waals surface area contributed by atoms with E-state index in [1.807, 2.05) is 6.07 Å². The van der Waals surface area contributed by atoms with Crippen LogP contribution in [0.4, 0.5) is 0 Å². The van der Waals surface area contributed by atoms with Crippen LogP contribution >= 0.6 is 15.9 Å². The summed E-state index contributed by atoms with van der Waals surface area (Å²) < 4.78 is 17.1. The predicted octanol–water partition coefficient (Wildman–Crippen LogP) is 2.73. The van der Waals surface area contributed by atoms with Gasteiger partial charge in [-0.3, -0.25) is 0 Å². The second kappa shape index (κ2) is 6.59. The second-order valence-electron chi connectivity index (χ2n) is 4.67. The van der Waals surface area contributed by atoms with E-state index >= 15 is 0 Å². The Kier molecular flexibility index (Phi) is 5.07. The number of hydrogen-bond acceptors (Lipinski definition) is 4. The highest BCUT2D eigenvalue weighted by Crippen LogP contribution is 2.36. The lowest BCUT2D eigenvalue weighted by molar-refractivity contribution is 0.113. The molecule has 0 radical (unpaired) electrons. The zero-order chi connectivity index (χ0) is 13.8. The summed E-state index contributed by atoms with van der Waals surface area (Å²) in [5.74, 6) is 1.47. The molecule has 1 saturated heterocycles. The lowest BCUT2D eigenvalue weighted by Crippen LogP contribution is -2.34. The molecular formula is C14H20BrNO3. The molecule has 5 heteroatoms. The molecule has 0 aromatic heterocycles. The van der Waals surface area contributed by atoms with E-state index < -0.39 is 0 Å². The van der Waals surface area contributed by atoms with Gasteiger partial charge in [0.15, 0.2) is 11.5 Å².